The third kappa shape index (κ3) is 3.92. The fraction of sp³-hybridized carbons (Fsp3) is 0.190. The molecule has 0 bridgehead atoms. The maximum Gasteiger partial charge on any atom is 0.269 e. The molecule has 1 aliphatic heterocycles. The van der Waals surface area contributed by atoms with Gasteiger partial charge in [-0.05, 0) is 57.2 Å². The average Bonchev–Trinajstić information content (AvgIpc) is 3.21. The Balaban J connectivity index is 1.49. The fourth-order valence-electron chi connectivity index (χ4n) is 3.35. The highest BCUT2D eigenvalue weighted by atomic mass is 32.2. The van der Waals surface area contributed by atoms with E-state index in [0.29, 0.717) is 15.6 Å². The number of amides is 2. The Hall–Kier alpha value is -3.71. The van der Waals surface area contributed by atoms with E-state index in [9.17, 15) is 26.4 Å². The first-order valence-electron chi connectivity index (χ1n) is 9.98. The van der Waals surface area contributed by atoms with Crippen molar-refractivity contribution >= 4 is 43.4 Å². The number of carbonyl (C=O) groups is 2. The first-order chi connectivity index (χ1) is 15.9. The number of carbonyl (C=O) groups excluding carboxylic acids is 2. The van der Waals surface area contributed by atoms with Crippen LogP contribution in [0.1, 0.15) is 28.5 Å². The smallest absolute Gasteiger partial charge is 0.269 e. The van der Waals surface area contributed by atoms with Gasteiger partial charge in [-0.2, -0.15) is 0 Å². The summed E-state index contributed by atoms with van der Waals surface area (Å²) in [6, 6.07) is 9.58. The van der Waals surface area contributed by atoms with Gasteiger partial charge in [0.15, 0.2) is 0 Å². The van der Waals surface area contributed by atoms with Crippen LogP contribution in [-0.2, 0) is 24.8 Å². The zero-order valence-electron chi connectivity index (χ0n) is 18.3. The van der Waals surface area contributed by atoms with E-state index in [4.69, 9.17) is 4.52 Å². The van der Waals surface area contributed by atoms with Gasteiger partial charge in [0.25, 0.3) is 26.0 Å². The normalized spacial score (nSPS) is 15.6. The van der Waals surface area contributed by atoms with E-state index in [0.717, 1.165) is 0 Å². The van der Waals surface area contributed by atoms with Crippen LogP contribution in [0.2, 0.25) is 0 Å². The third-order valence-electron chi connectivity index (χ3n) is 5.40. The molecular formula is C21H20N4O7S2. The molecule has 34 heavy (non-hydrogen) atoms. The molecule has 2 N–H and O–H groups in total. The number of rotatable bonds is 6. The predicted octanol–water partition coefficient (Wildman–Crippen LogP) is 2.26. The number of benzene rings is 2. The van der Waals surface area contributed by atoms with E-state index in [2.05, 4.69) is 15.2 Å². The standard InChI is InChI=1S/C21H20N4O7S2/c1-12-13(2)23-32-20(12)24-33(28,29)16-10-8-15(9-11-16)22-19(26)14(3)25-21(27)17-6-4-5-7-18(17)34(25,30)31/h4-11,14,24H,1-3H3,(H,22,26). The summed E-state index contributed by atoms with van der Waals surface area (Å²) in [4.78, 5) is 25.1. The molecule has 2 heterocycles. The number of aromatic nitrogens is 1. The Morgan fingerprint density at radius 3 is 2.32 bits per heavy atom. The van der Waals surface area contributed by atoms with E-state index in [-0.39, 0.29) is 26.9 Å². The Labute approximate surface area is 195 Å². The van der Waals surface area contributed by atoms with Gasteiger partial charge in [-0.3, -0.25) is 9.59 Å². The minimum atomic E-state index is -4.17. The van der Waals surface area contributed by atoms with Gasteiger partial charge in [-0.1, -0.05) is 17.3 Å². The Morgan fingerprint density at radius 2 is 1.74 bits per heavy atom. The SMILES string of the molecule is Cc1noc(NS(=O)(=O)c2ccc(NC(=O)C(C)N3C(=O)c4ccccc4S3(=O)=O)cc2)c1C. The minimum Gasteiger partial charge on any atom is -0.337 e. The number of sulfonamides is 2. The van der Waals surface area contributed by atoms with Gasteiger partial charge in [0, 0.05) is 11.3 Å². The number of anilines is 2. The van der Waals surface area contributed by atoms with Crippen LogP contribution < -0.4 is 10.0 Å². The summed E-state index contributed by atoms with van der Waals surface area (Å²) in [7, 11) is -8.15. The molecule has 3 aromatic rings. The molecule has 1 atom stereocenters. The zero-order valence-corrected chi connectivity index (χ0v) is 19.9. The van der Waals surface area contributed by atoms with E-state index in [1.807, 2.05) is 0 Å². The summed E-state index contributed by atoms with van der Waals surface area (Å²) >= 11 is 0. The van der Waals surface area contributed by atoms with Crippen LogP contribution in [0.4, 0.5) is 11.6 Å². The van der Waals surface area contributed by atoms with Crippen LogP contribution in [0.3, 0.4) is 0 Å². The summed E-state index contributed by atoms with van der Waals surface area (Å²) in [5.74, 6) is -1.55. The van der Waals surface area contributed by atoms with Crippen LogP contribution >= 0.6 is 0 Å². The molecule has 1 unspecified atom stereocenters. The van der Waals surface area contributed by atoms with Gasteiger partial charge in [-0.15, -0.1) is 0 Å². The molecule has 13 heteroatoms. The number of hydrogen-bond acceptors (Lipinski definition) is 8. The molecule has 4 rings (SSSR count). The highest BCUT2D eigenvalue weighted by Crippen LogP contribution is 2.32. The Bertz CT molecular complexity index is 1510. The molecule has 11 nitrogen and oxygen atoms in total. The lowest BCUT2D eigenvalue weighted by Crippen LogP contribution is -2.45. The molecule has 0 spiro atoms. The van der Waals surface area contributed by atoms with Crippen LogP contribution in [0.25, 0.3) is 0 Å². The number of aryl methyl sites for hydroxylation is 1. The number of nitrogens with zero attached hydrogens (tertiary/aromatic N) is 2. The monoisotopic (exact) mass is 504 g/mol. The number of fused-ring (bicyclic) bond motifs is 1. The fourth-order valence-corrected chi connectivity index (χ4v) is 6.12. The molecule has 0 saturated carbocycles. The van der Waals surface area contributed by atoms with Crippen molar-refractivity contribution in [2.45, 2.75) is 36.6 Å². The maximum atomic E-state index is 12.8. The first-order valence-corrected chi connectivity index (χ1v) is 12.9. The van der Waals surface area contributed by atoms with Gasteiger partial charge in [0.05, 0.1) is 16.2 Å². The van der Waals surface area contributed by atoms with Crippen LogP contribution in [-0.4, -0.2) is 44.2 Å². The molecule has 1 aliphatic rings. The minimum absolute atomic E-state index is 0.00110. The molecule has 2 aromatic carbocycles. The third-order valence-corrected chi connectivity index (χ3v) is 8.66. The number of hydrogen-bond donors (Lipinski definition) is 2. The summed E-state index contributed by atoms with van der Waals surface area (Å²) in [6.07, 6.45) is 0. The Morgan fingerprint density at radius 1 is 1.09 bits per heavy atom. The van der Waals surface area contributed by atoms with Crippen molar-refractivity contribution in [1.29, 1.82) is 0 Å². The van der Waals surface area contributed by atoms with Crippen LogP contribution in [0, 0.1) is 13.8 Å². The molecule has 0 aliphatic carbocycles. The molecule has 2 amide bonds. The molecular weight excluding hydrogens is 484 g/mol. The van der Waals surface area contributed by atoms with Gasteiger partial charge in [0.1, 0.15) is 10.9 Å². The topological polar surface area (TPSA) is 156 Å². The molecule has 0 fully saturated rings. The second kappa shape index (κ2) is 8.25. The maximum absolute atomic E-state index is 12.8. The second-order valence-electron chi connectivity index (χ2n) is 7.62. The zero-order chi connectivity index (χ0) is 24.8. The molecule has 0 radical (unpaired) electrons. The highest BCUT2D eigenvalue weighted by Gasteiger charge is 2.45. The lowest BCUT2D eigenvalue weighted by molar-refractivity contribution is -0.118. The van der Waals surface area contributed by atoms with Crippen LogP contribution in [0.15, 0.2) is 62.8 Å². The summed E-state index contributed by atoms with van der Waals surface area (Å²) in [5, 5.41) is 6.20. The predicted molar refractivity (Wildman–Crippen MR) is 121 cm³/mol. The van der Waals surface area contributed by atoms with Gasteiger partial charge >= 0.3 is 0 Å². The molecule has 0 saturated heterocycles. The van der Waals surface area contributed by atoms with Crippen LogP contribution in [0.5, 0.6) is 0 Å². The lowest BCUT2D eigenvalue weighted by Gasteiger charge is -2.22. The first kappa shape index (κ1) is 23.4. The van der Waals surface area contributed by atoms with Crippen molar-refractivity contribution in [3.8, 4) is 0 Å². The lowest BCUT2D eigenvalue weighted by atomic mass is 10.2. The van der Waals surface area contributed by atoms with E-state index < -0.39 is 37.9 Å². The van der Waals surface area contributed by atoms with Gasteiger partial charge in [0.2, 0.25) is 11.8 Å². The number of nitrogens with one attached hydrogen (secondary N) is 2. The summed E-state index contributed by atoms with van der Waals surface area (Å²) in [6.45, 7) is 4.63. The highest BCUT2D eigenvalue weighted by molar-refractivity contribution is 7.92. The molecule has 1 aromatic heterocycles. The van der Waals surface area contributed by atoms with Crippen molar-refractivity contribution in [2.24, 2.45) is 0 Å². The molecule has 178 valence electrons. The summed E-state index contributed by atoms with van der Waals surface area (Å²) < 4.78 is 58.5. The summed E-state index contributed by atoms with van der Waals surface area (Å²) in [5.41, 5.74) is 1.31. The Kier molecular flexibility index (Phi) is 5.69. The van der Waals surface area contributed by atoms with Crippen molar-refractivity contribution in [3.63, 3.8) is 0 Å². The van der Waals surface area contributed by atoms with Crippen molar-refractivity contribution in [2.75, 3.05) is 10.0 Å². The van der Waals surface area contributed by atoms with Gasteiger partial charge < -0.3 is 9.84 Å². The van der Waals surface area contributed by atoms with Crippen molar-refractivity contribution in [3.05, 3.63) is 65.4 Å². The second-order valence-corrected chi connectivity index (χ2v) is 11.1. The van der Waals surface area contributed by atoms with Gasteiger partial charge in [-0.25, -0.2) is 25.9 Å². The van der Waals surface area contributed by atoms with E-state index in [1.165, 1.54) is 55.5 Å². The van der Waals surface area contributed by atoms with E-state index in [1.54, 1.807) is 13.8 Å². The average molecular weight is 505 g/mol. The quantitative estimate of drug-likeness (QED) is 0.518. The largest absolute Gasteiger partial charge is 0.337 e. The van der Waals surface area contributed by atoms with Crippen molar-refractivity contribution < 1.29 is 30.9 Å². The van der Waals surface area contributed by atoms with Crippen molar-refractivity contribution in [1.82, 2.24) is 9.46 Å². The van der Waals surface area contributed by atoms with E-state index >= 15 is 0 Å².